The van der Waals surface area contributed by atoms with Gasteiger partial charge in [-0.25, -0.2) is 4.98 Å². The number of para-hydroxylation sites is 1. The standard InChI is InChI=1S/C29H20BrClN4O2S2/c30-20-11-9-18(10-12-20)15-25-27(37)35(22-7-2-1-3-8-22)28(39-25)24(16-32)26(36)34-29-33-17-23(38-29)14-19-5-4-6-21(31)13-19/h1-13,17,25H,14-15H2,(H,33,34,36)/b28-24-/t25-/m0/s1. The molecule has 10 heteroatoms. The molecule has 3 aromatic carbocycles. The lowest BCUT2D eigenvalue weighted by Crippen LogP contribution is -2.30. The molecule has 0 spiro atoms. The smallest absolute Gasteiger partial charge is 0.270 e. The van der Waals surface area contributed by atoms with Gasteiger partial charge in [-0.05, 0) is 53.9 Å². The van der Waals surface area contributed by atoms with Crippen LogP contribution < -0.4 is 10.2 Å². The predicted molar refractivity (Wildman–Crippen MR) is 161 cm³/mol. The Morgan fingerprint density at radius 2 is 1.85 bits per heavy atom. The molecule has 2 amide bonds. The lowest BCUT2D eigenvalue weighted by Gasteiger charge is -2.18. The highest BCUT2D eigenvalue weighted by molar-refractivity contribution is 9.10. The Hall–Kier alpha value is -3.42. The number of carbonyl (C=O) groups is 2. The van der Waals surface area contributed by atoms with E-state index in [1.165, 1.54) is 28.0 Å². The number of benzene rings is 3. The molecule has 1 aliphatic heterocycles. The summed E-state index contributed by atoms with van der Waals surface area (Å²) in [6.45, 7) is 0. The zero-order chi connectivity index (χ0) is 27.4. The van der Waals surface area contributed by atoms with E-state index in [0.29, 0.717) is 33.7 Å². The molecule has 1 N–H and O–H groups in total. The summed E-state index contributed by atoms with van der Waals surface area (Å²) in [4.78, 5) is 33.6. The van der Waals surface area contributed by atoms with Crippen molar-refractivity contribution >= 4 is 73.3 Å². The van der Waals surface area contributed by atoms with Crippen molar-refractivity contribution < 1.29 is 9.59 Å². The summed E-state index contributed by atoms with van der Waals surface area (Å²) in [6.07, 6.45) is 2.77. The van der Waals surface area contributed by atoms with Crippen molar-refractivity contribution in [3.05, 3.63) is 121 Å². The fourth-order valence-corrected chi connectivity index (χ4v) is 6.72. The molecule has 0 unspecified atom stereocenters. The van der Waals surface area contributed by atoms with E-state index < -0.39 is 11.2 Å². The summed E-state index contributed by atoms with van der Waals surface area (Å²) in [5.41, 5.74) is 2.47. The normalized spacial score (nSPS) is 16.2. The maximum Gasteiger partial charge on any atom is 0.270 e. The van der Waals surface area contributed by atoms with E-state index in [4.69, 9.17) is 11.6 Å². The lowest BCUT2D eigenvalue weighted by atomic mass is 10.1. The van der Waals surface area contributed by atoms with Gasteiger partial charge in [0.15, 0.2) is 5.13 Å². The van der Waals surface area contributed by atoms with Crippen LogP contribution in [0.15, 0.2) is 100 Å². The number of nitriles is 1. The third-order valence-electron chi connectivity index (χ3n) is 5.90. The van der Waals surface area contributed by atoms with E-state index in [2.05, 4.69) is 26.2 Å². The number of nitrogens with one attached hydrogen (secondary N) is 1. The molecule has 1 saturated heterocycles. The second kappa shape index (κ2) is 12.2. The maximum atomic E-state index is 13.6. The zero-order valence-corrected chi connectivity index (χ0v) is 24.3. The van der Waals surface area contributed by atoms with Gasteiger partial charge < -0.3 is 0 Å². The Morgan fingerprint density at radius 1 is 1.08 bits per heavy atom. The average molecular weight is 636 g/mol. The molecule has 4 aromatic rings. The lowest BCUT2D eigenvalue weighted by molar-refractivity contribution is -0.117. The summed E-state index contributed by atoms with van der Waals surface area (Å²) < 4.78 is 0.949. The van der Waals surface area contributed by atoms with E-state index >= 15 is 0 Å². The van der Waals surface area contributed by atoms with Gasteiger partial charge in [-0.15, -0.1) is 11.3 Å². The minimum atomic E-state index is -0.610. The molecule has 2 heterocycles. The van der Waals surface area contributed by atoms with Gasteiger partial charge in [-0.3, -0.25) is 19.8 Å². The Morgan fingerprint density at radius 3 is 2.56 bits per heavy atom. The van der Waals surface area contributed by atoms with Gasteiger partial charge in [0.05, 0.1) is 5.25 Å². The van der Waals surface area contributed by atoms with E-state index in [1.54, 1.807) is 18.3 Å². The maximum absolute atomic E-state index is 13.6. The number of hydrogen-bond donors (Lipinski definition) is 1. The van der Waals surface area contributed by atoms with Gasteiger partial charge in [-0.1, -0.05) is 81.8 Å². The molecular weight excluding hydrogens is 616 g/mol. The Kier molecular flexibility index (Phi) is 8.48. The number of rotatable bonds is 7. The third kappa shape index (κ3) is 6.43. The molecule has 0 bridgehead atoms. The monoisotopic (exact) mass is 634 g/mol. The molecule has 6 nitrogen and oxygen atoms in total. The third-order valence-corrected chi connectivity index (χ3v) is 8.83. The van der Waals surface area contributed by atoms with Gasteiger partial charge >= 0.3 is 0 Å². The molecule has 0 aliphatic carbocycles. The molecule has 1 aliphatic rings. The van der Waals surface area contributed by atoms with Gasteiger partial charge in [-0.2, -0.15) is 5.26 Å². The van der Waals surface area contributed by atoms with Crippen LogP contribution in [0.1, 0.15) is 16.0 Å². The summed E-state index contributed by atoms with van der Waals surface area (Å²) in [5.74, 6) is -0.788. The van der Waals surface area contributed by atoms with Crippen LogP contribution in [-0.2, 0) is 22.4 Å². The molecule has 1 fully saturated rings. The molecule has 1 atom stereocenters. The van der Waals surface area contributed by atoms with Crippen LogP contribution in [-0.4, -0.2) is 22.0 Å². The minimum absolute atomic E-state index is 0.137. The summed E-state index contributed by atoms with van der Waals surface area (Å²) in [7, 11) is 0. The van der Waals surface area contributed by atoms with Crippen LogP contribution in [0.2, 0.25) is 5.02 Å². The number of hydrogen-bond acceptors (Lipinski definition) is 6. The average Bonchev–Trinajstić information content (AvgIpc) is 3.49. The Bertz CT molecular complexity index is 1600. The van der Waals surface area contributed by atoms with E-state index in [1.807, 2.05) is 72.8 Å². The first-order valence-electron chi connectivity index (χ1n) is 11.9. The van der Waals surface area contributed by atoms with Crippen molar-refractivity contribution in [2.24, 2.45) is 0 Å². The van der Waals surface area contributed by atoms with Crippen LogP contribution in [0.3, 0.4) is 0 Å². The number of thioether (sulfide) groups is 1. The van der Waals surface area contributed by atoms with Crippen molar-refractivity contribution in [2.75, 3.05) is 10.2 Å². The van der Waals surface area contributed by atoms with Crippen LogP contribution in [0.5, 0.6) is 0 Å². The fraction of sp³-hybridized carbons (Fsp3) is 0.103. The van der Waals surface area contributed by atoms with Gasteiger partial charge in [0, 0.05) is 32.7 Å². The zero-order valence-electron chi connectivity index (χ0n) is 20.3. The molecule has 194 valence electrons. The largest absolute Gasteiger partial charge is 0.297 e. The van der Waals surface area contributed by atoms with Crippen molar-refractivity contribution in [1.29, 1.82) is 5.26 Å². The fourth-order valence-electron chi connectivity index (χ4n) is 4.09. The van der Waals surface area contributed by atoms with Gasteiger partial charge in [0.1, 0.15) is 16.7 Å². The highest BCUT2D eigenvalue weighted by Gasteiger charge is 2.40. The SMILES string of the molecule is N#C/C(C(=O)Nc1ncc(Cc2cccc(Cl)c2)s1)=C1/S[C@@H](Cc2ccc(Br)cc2)C(=O)N1c1ccccc1. The highest BCUT2D eigenvalue weighted by atomic mass is 79.9. The van der Waals surface area contributed by atoms with Crippen molar-refractivity contribution in [1.82, 2.24) is 4.98 Å². The topological polar surface area (TPSA) is 86.1 Å². The van der Waals surface area contributed by atoms with Gasteiger partial charge in [0.25, 0.3) is 5.91 Å². The van der Waals surface area contributed by atoms with Crippen molar-refractivity contribution in [2.45, 2.75) is 18.1 Å². The second-order valence-electron chi connectivity index (χ2n) is 8.63. The van der Waals surface area contributed by atoms with Crippen LogP contribution >= 0.6 is 50.6 Å². The van der Waals surface area contributed by atoms with E-state index in [9.17, 15) is 14.9 Å². The number of thiazole rings is 1. The predicted octanol–water partition coefficient (Wildman–Crippen LogP) is 7.21. The van der Waals surface area contributed by atoms with Crippen molar-refractivity contribution in [3.8, 4) is 6.07 Å². The number of halogens is 2. The molecule has 1 aromatic heterocycles. The van der Waals surface area contributed by atoms with E-state index in [0.717, 1.165) is 20.5 Å². The minimum Gasteiger partial charge on any atom is -0.297 e. The molecule has 0 radical (unpaired) electrons. The number of anilines is 2. The first-order valence-corrected chi connectivity index (χ1v) is 14.7. The Balaban J connectivity index is 1.41. The van der Waals surface area contributed by atoms with Crippen LogP contribution in [0, 0.1) is 11.3 Å². The number of nitrogens with zero attached hydrogens (tertiary/aromatic N) is 3. The Labute approximate surface area is 247 Å². The molecule has 0 saturated carbocycles. The molecular formula is C29H20BrClN4O2S2. The second-order valence-corrected chi connectivity index (χ2v) is 12.3. The number of carbonyl (C=O) groups excluding carboxylic acids is 2. The first-order chi connectivity index (χ1) is 18.9. The van der Waals surface area contributed by atoms with Gasteiger partial charge in [0.2, 0.25) is 5.91 Å². The van der Waals surface area contributed by atoms with Crippen LogP contribution in [0.25, 0.3) is 0 Å². The summed E-state index contributed by atoms with van der Waals surface area (Å²) in [5, 5.41) is 13.7. The summed E-state index contributed by atoms with van der Waals surface area (Å²) in [6, 6.07) is 26.4. The van der Waals surface area contributed by atoms with E-state index in [-0.39, 0.29) is 11.5 Å². The quantitative estimate of drug-likeness (QED) is 0.171. The number of aromatic nitrogens is 1. The summed E-state index contributed by atoms with van der Waals surface area (Å²) >= 11 is 12.1. The molecule has 39 heavy (non-hydrogen) atoms. The number of amides is 2. The first kappa shape index (κ1) is 27.2. The highest BCUT2D eigenvalue weighted by Crippen LogP contribution is 2.42. The molecule has 5 rings (SSSR count). The van der Waals surface area contributed by atoms with Crippen LogP contribution in [0.4, 0.5) is 10.8 Å². The van der Waals surface area contributed by atoms with Crippen molar-refractivity contribution in [3.63, 3.8) is 0 Å².